The van der Waals surface area contributed by atoms with Crippen molar-refractivity contribution in [2.24, 2.45) is 5.92 Å². The molecule has 0 spiro atoms. The smallest absolute Gasteiger partial charge is 0.253 e. The van der Waals surface area contributed by atoms with Crippen LogP contribution in [0.4, 0.5) is 5.82 Å². The Morgan fingerprint density at radius 1 is 1.11 bits per heavy atom. The molecule has 1 fully saturated rings. The number of aromatic nitrogens is 3. The summed E-state index contributed by atoms with van der Waals surface area (Å²) >= 11 is 0. The number of carbonyl (C=O) groups is 1. The van der Waals surface area contributed by atoms with E-state index in [1.54, 1.807) is 0 Å². The van der Waals surface area contributed by atoms with Crippen LogP contribution in [-0.2, 0) is 4.74 Å². The second kappa shape index (κ2) is 10.4. The Kier molecular flexibility index (Phi) is 6.95. The number of anilines is 1. The summed E-state index contributed by atoms with van der Waals surface area (Å²) in [6.45, 7) is 5.17. The summed E-state index contributed by atoms with van der Waals surface area (Å²) in [6.07, 6.45) is 5.88. The number of para-hydroxylation sites is 1. The van der Waals surface area contributed by atoms with Crippen LogP contribution in [0, 0.1) is 5.92 Å². The lowest BCUT2D eigenvalue weighted by Crippen LogP contribution is -2.38. The van der Waals surface area contributed by atoms with E-state index in [1.165, 1.54) is 0 Å². The number of nitrogens with zero attached hydrogens (tertiary/aromatic N) is 4. The van der Waals surface area contributed by atoms with Crippen LogP contribution in [-0.4, -0.2) is 51.6 Å². The molecule has 5 rings (SSSR count). The van der Waals surface area contributed by atoms with E-state index in [1.807, 2.05) is 59.8 Å². The predicted octanol–water partition coefficient (Wildman–Crippen LogP) is 5.08. The number of hydrogen-bond acceptors (Lipinski definition) is 5. The van der Waals surface area contributed by atoms with Gasteiger partial charge in [0, 0.05) is 30.6 Å². The third-order valence-electron chi connectivity index (χ3n) is 7.20. The molecule has 182 valence electrons. The number of piperidine rings is 1. The number of pyridine rings is 1. The lowest BCUT2D eigenvalue weighted by Gasteiger charge is -2.32. The van der Waals surface area contributed by atoms with Crippen LogP contribution < -0.4 is 5.73 Å². The maximum absolute atomic E-state index is 12.7. The fourth-order valence-corrected chi connectivity index (χ4v) is 5.10. The van der Waals surface area contributed by atoms with Crippen molar-refractivity contribution in [3.05, 3.63) is 66.5 Å². The highest BCUT2D eigenvalue weighted by molar-refractivity contribution is 6.06. The number of amides is 1. The van der Waals surface area contributed by atoms with E-state index >= 15 is 0 Å². The molecule has 7 nitrogen and oxygen atoms in total. The minimum absolute atomic E-state index is 0.141. The minimum Gasteiger partial charge on any atom is -0.382 e. The van der Waals surface area contributed by atoms with Crippen molar-refractivity contribution in [1.29, 1.82) is 0 Å². The van der Waals surface area contributed by atoms with Gasteiger partial charge in [0.2, 0.25) is 0 Å². The first-order valence-corrected chi connectivity index (χ1v) is 12.6. The van der Waals surface area contributed by atoms with Crippen LogP contribution in [0.15, 0.2) is 60.9 Å². The molecule has 4 aromatic rings. The summed E-state index contributed by atoms with van der Waals surface area (Å²) in [5, 5.41) is 1.06. The van der Waals surface area contributed by atoms with E-state index in [-0.39, 0.29) is 11.9 Å². The van der Waals surface area contributed by atoms with Crippen LogP contribution in [0.5, 0.6) is 0 Å². The van der Waals surface area contributed by atoms with Crippen LogP contribution in [0.3, 0.4) is 0 Å². The SMILES string of the molecule is CCC(COCCC1CCN(C(=O)c2ccccc2)CC1)n1cnc2c(N)nc3ccccc3c21. The van der Waals surface area contributed by atoms with Crippen molar-refractivity contribution in [2.75, 3.05) is 32.0 Å². The molecule has 1 aliphatic heterocycles. The third-order valence-corrected chi connectivity index (χ3v) is 7.20. The minimum atomic E-state index is 0.141. The summed E-state index contributed by atoms with van der Waals surface area (Å²) in [5.74, 6) is 1.20. The summed E-state index contributed by atoms with van der Waals surface area (Å²) < 4.78 is 8.37. The number of imidazole rings is 1. The molecule has 0 radical (unpaired) electrons. The highest BCUT2D eigenvalue weighted by Crippen LogP contribution is 2.30. The molecule has 1 aliphatic rings. The number of nitrogen functional groups attached to an aromatic ring is 1. The zero-order valence-electron chi connectivity index (χ0n) is 20.3. The van der Waals surface area contributed by atoms with Crippen molar-refractivity contribution >= 4 is 33.7 Å². The van der Waals surface area contributed by atoms with E-state index < -0.39 is 0 Å². The first kappa shape index (κ1) is 23.3. The van der Waals surface area contributed by atoms with Gasteiger partial charge in [-0.2, -0.15) is 0 Å². The molecule has 2 aromatic carbocycles. The third kappa shape index (κ3) is 4.86. The van der Waals surface area contributed by atoms with E-state index in [0.717, 1.165) is 72.9 Å². The first-order valence-electron chi connectivity index (χ1n) is 12.6. The molecule has 0 saturated carbocycles. The molecule has 3 heterocycles. The molecule has 0 aliphatic carbocycles. The number of fused-ring (bicyclic) bond motifs is 3. The summed E-state index contributed by atoms with van der Waals surface area (Å²) in [4.78, 5) is 23.7. The van der Waals surface area contributed by atoms with Gasteiger partial charge < -0.3 is 19.9 Å². The number of carbonyl (C=O) groups excluding carboxylic acids is 1. The maximum Gasteiger partial charge on any atom is 0.253 e. The quantitative estimate of drug-likeness (QED) is 0.362. The molecule has 1 amide bonds. The van der Waals surface area contributed by atoms with Gasteiger partial charge in [-0.3, -0.25) is 4.79 Å². The topological polar surface area (TPSA) is 86.3 Å². The van der Waals surface area contributed by atoms with Crippen LogP contribution in [0.25, 0.3) is 21.9 Å². The molecule has 0 bridgehead atoms. The molecule has 2 aromatic heterocycles. The summed E-state index contributed by atoms with van der Waals surface area (Å²) in [5.41, 5.74) is 9.63. The standard InChI is InChI=1S/C28H33N5O2/c1-2-22(33-19-30-25-26(33)23-10-6-7-11-24(23)31-27(25)29)18-35-17-14-20-12-15-32(16-13-20)28(34)21-8-4-3-5-9-21/h3-11,19-20,22H,2,12-18H2,1H3,(H2,29,31). The Morgan fingerprint density at radius 2 is 1.86 bits per heavy atom. The zero-order valence-corrected chi connectivity index (χ0v) is 20.3. The van der Waals surface area contributed by atoms with Crippen LogP contribution in [0.2, 0.25) is 0 Å². The van der Waals surface area contributed by atoms with E-state index in [9.17, 15) is 4.79 Å². The van der Waals surface area contributed by atoms with Crippen molar-refractivity contribution < 1.29 is 9.53 Å². The van der Waals surface area contributed by atoms with Gasteiger partial charge in [-0.05, 0) is 49.8 Å². The van der Waals surface area contributed by atoms with Crippen LogP contribution in [0.1, 0.15) is 49.0 Å². The largest absolute Gasteiger partial charge is 0.382 e. The average Bonchev–Trinajstić information content (AvgIpc) is 3.35. The van der Waals surface area contributed by atoms with Crippen molar-refractivity contribution in [1.82, 2.24) is 19.4 Å². The maximum atomic E-state index is 12.7. The number of nitrogens with two attached hydrogens (primary N) is 1. The van der Waals surface area contributed by atoms with E-state index in [4.69, 9.17) is 10.5 Å². The Bertz CT molecular complexity index is 1290. The Morgan fingerprint density at radius 3 is 2.63 bits per heavy atom. The molecular formula is C28H33N5O2. The molecule has 1 atom stereocenters. The Hall–Kier alpha value is -3.45. The number of rotatable bonds is 8. The number of hydrogen-bond donors (Lipinski definition) is 1. The van der Waals surface area contributed by atoms with Gasteiger partial charge in [0.15, 0.2) is 5.82 Å². The molecular weight excluding hydrogens is 438 g/mol. The normalized spacial score (nSPS) is 15.6. The monoisotopic (exact) mass is 471 g/mol. The fraction of sp³-hybridized carbons (Fsp3) is 0.393. The molecule has 7 heteroatoms. The second-order valence-corrected chi connectivity index (χ2v) is 9.39. The van der Waals surface area contributed by atoms with Gasteiger partial charge in [0.1, 0.15) is 5.52 Å². The Labute approximate surface area is 205 Å². The lowest BCUT2D eigenvalue weighted by molar-refractivity contribution is 0.0620. The highest BCUT2D eigenvalue weighted by Gasteiger charge is 2.24. The highest BCUT2D eigenvalue weighted by atomic mass is 16.5. The van der Waals surface area contributed by atoms with E-state index in [0.29, 0.717) is 18.3 Å². The van der Waals surface area contributed by atoms with Crippen LogP contribution >= 0.6 is 0 Å². The van der Waals surface area contributed by atoms with Gasteiger partial charge >= 0.3 is 0 Å². The number of benzene rings is 2. The van der Waals surface area contributed by atoms with E-state index in [2.05, 4.69) is 27.5 Å². The van der Waals surface area contributed by atoms with Gasteiger partial charge in [0.25, 0.3) is 5.91 Å². The number of ether oxygens (including phenoxy) is 1. The van der Waals surface area contributed by atoms with Gasteiger partial charge in [-0.1, -0.05) is 43.3 Å². The fourth-order valence-electron chi connectivity index (χ4n) is 5.10. The molecule has 2 N–H and O–H groups in total. The first-order chi connectivity index (χ1) is 17.2. The van der Waals surface area contributed by atoms with Gasteiger partial charge in [-0.15, -0.1) is 0 Å². The van der Waals surface area contributed by atoms with Crippen molar-refractivity contribution in [3.63, 3.8) is 0 Å². The van der Waals surface area contributed by atoms with Crippen molar-refractivity contribution in [3.8, 4) is 0 Å². The molecule has 1 unspecified atom stereocenters. The zero-order chi connectivity index (χ0) is 24.2. The molecule has 1 saturated heterocycles. The van der Waals surface area contributed by atoms with Gasteiger partial charge in [-0.25, -0.2) is 9.97 Å². The summed E-state index contributed by atoms with van der Waals surface area (Å²) in [6, 6.07) is 17.8. The predicted molar refractivity (Wildman–Crippen MR) is 139 cm³/mol. The second-order valence-electron chi connectivity index (χ2n) is 9.39. The average molecular weight is 472 g/mol. The molecule has 35 heavy (non-hydrogen) atoms. The number of likely N-dealkylation sites (tertiary alicyclic amines) is 1. The van der Waals surface area contributed by atoms with Crippen molar-refractivity contribution in [2.45, 2.75) is 38.6 Å². The Balaban J connectivity index is 1.15. The summed E-state index contributed by atoms with van der Waals surface area (Å²) in [7, 11) is 0. The lowest BCUT2D eigenvalue weighted by atomic mass is 9.93. The van der Waals surface area contributed by atoms with Gasteiger partial charge in [0.05, 0.1) is 30.0 Å².